The van der Waals surface area contributed by atoms with Crippen molar-refractivity contribution in [2.45, 2.75) is 58.6 Å². The second-order valence-corrected chi connectivity index (χ2v) is 5.08. The van der Waals surface area contributed by atoms with Crippen molar-refractivity contribution < 1.29 is 14.6 Å². The highest BCUT2D eigenvalue weighted by molar-refractivity contribution is 5.73. The van der Waals surface area contributed by atoms with Crippen LogP contribution in [-0.2, 0) is 9.53 Å². The Morgan fingerprint density at radius 2 is 2.00 bits per heavy atom. The first-order valence-electron chi connectivity index (χ1n) is 5.91. The Kier molecular flexibility index (Phi) is 6.60. The van der Waals surface area contributed by atoms with Crippen LogP contribution in [0.3, 0.4) is 0 Å². The second-order valence-electron chi connectivity index (χ2n) is 5.08. The first-order chi connectivity index (χ1) is 7.31. The van der Waals surface area contributed by atoms with Gasteiger partial charge in [-0.15, -0.1) is 0 Å². The zero-order valence-corrected chi connectivity index (χ0v) is 10.8. The summed E-state index contributed by atoms with van der Waals surface area (Å²) in [4.78, 5) is 11.9. The number of esters is 1. The zero-order valence-electron chi connectivity index (χ0n) is 10.8. The van der Waals surface area contributed by atoms with Gasteiger partial charge in [0.2, 0.25) is 0 Å². The Morgan fingerprint density at radius 1 is 1.44 bits per heavy atom. The maximum atomic E-state index is 11.9. The minimum Gasteiger partial charge on any atom is -0.460 e. The van der Waals surface area contributed by atoms with Crippen LogP contribution in [0.2, 0.25) is 0 Å². The molecule has 0 unspecified atom stereocenters. The van der Waals surface area contributed by atoms with Crippen LogP contribution >= 0.6 is 0 Å². The molecule has 0 rings (SSSR count). The summed E-state index contributed by atoms with van der Waals surface area (Å²) < 4.78 is 5.32. The lowest BCUT2D eigenvalue weighted by molar-refractivity contribution is -0.161. The van der Waals surface area contributed by atoms with Crippen LogP contribution in [0.1, 0.15) is 47.0 Å². The quantitative estimate of drug-likeness (QED) is 0.679. The molecule has 0 fully saturated rings. The van der Waals surface area contributed by atoms with Gasteiger partial charge in [-0.3, -0.25) is 4.79 Å². The normalized spacial score (nSPS) is 15.6. The molecule has 0 spiro atoms. The Bertz CT molecular complexity index is 211. The van der Waals surface area contributed by atoms with Crippen molar-refractivity contribution in [2.24, 2.45) is 11.7 Å². The van der Waals surface area contributed by atoms with Crippen LogP contribution < -0.4 is 5.73 Å². The molecule has 0 saturated carbocycles. The zero-order chi connectivity index (χ0) is 12.8. The molecule has 0 aromatic heterocycles. The van der Waals surface area contributed by atoms with Gasteiger partial charge < -0.3 is 15.6 Å². The van der Waals surface area contributed by atoms with Crippen LogP contribution in [0.15, 0.2) is 0 Å². The topological polar surface area (TPSA) is 72.5 Å². The van der Waals surface area contributed by atoms with E-state index in [0.717, 1.165) is 6.42 Å². The van der Waals surface area contributed by atoms with Gasteiger partial charge in [0.15, 0.2) is 0 Å². The van der Waals surface area contributed by atoms with E-state index in [1.54, 1.807) is 0 Å². The molecule has 0 aromatic rings. The van der Waals surface area contributed by atoms with Crippen molar-refractivity contribution >= 4 is 5.97 Å². The van der Waals surface area contributed by atoms with E-state index in [1.165, 1.54) is 0 Å². The van der Waals surface area contributed by atoms with Gasteiger partial charge in [0.05, 0.1) is 5.92 Å². The molecular formula is C12H25NO3. The standard InChI is InChI=1S/C12H25NO3/c1-5-10(13)9(7-6-8-14)11(15)16-12(2,3)4/h9-10,14H,5-8,13H2,1-4H3/t9-,10-/m0/s1. The van der Waals surface area contributed by atoms with Crippen molar-refractivity contribution in [1.29, 1.82) is 0 Å². The summed E-state index contributed by atoms with van der Waals surface area (Å²) in [5.41, 5.74) is 5.41. The van der Waals surface area contributed by atoms with E-state index in [4.69, 9.17) is 15.6 Å². The predicted molar refractivity (Wildman–Crippen MR) is 63.9 cm³/mol. The second kappa shape index (κ2) is 6.86. The summed E-state index contributed by atoms with van der Waals surface area (Å²) in [6.07, 6.45) is 1.90. The predicted octanol–water partition coefficient (Wildman–Crippen LogP) is 1.45. The molecule has 4 nitrogen and oxygen atoms in total. The molecule has 0 saturated heterocycles. The largest absolute Gasteiger partial charge is 0.460 e. The van der Waals surface area contributed by atoms with Crippen LogP contribution in [0.4, 0.5) is 0 Å². The minimum atomic E-state index is -0.484. The summed E-state index contributed by atoms with van der Waals surface area (Å²) in [7, 11) is 0. The third kappa shape index (κ3) is 6.08. The van der Waals surface area contributed by atoms with E-state index in [0.29, 0.717) is 12.8 Å². The summed E-state index contributed by atoms with van der Waals surface area (Å²) >= 11 is 0. The van der Waals surface area contributed by atoms with E-state index < -0.39 is 5.60 Å². The van der Waals surface area contributed by atoms with Crippen LogP contribution in [0.5, 0.6) is 0 Å². The molecule has 0 radical (unpaired) electrons. The molecule has 16 heavy (non-hydrogen) atoms. The van der Waals surface area contributed by atoms with E-state index >= 15 is 0 Å². The maximum absolute atomic E-state index is 11.9. The van der Waals surface area contributed by atoms with Gasteiger partial charge in [0.25, 0.3) is 0 Å². The van der Waals surface area contributed by atoms with Crippen molar-refractivity contribution in [2.75, 3.05) is 6.61 Å². The minimum absolute atomic E-state index is 0.0791. The first-order valence-corrected chi connectivity index (χ1v) is 5.91. The molecule has 0 aliphatic carbocycles. The Morgan fingerprint density at radius 3 is 2.38 bits per heavy atom. The maximum Gasteiger partial charge on any atom is 0.311 e. The SMILES string of the molecule is CC[C@H](N)[C@H](CCCO)C(=O)OC(C)(C)C. The number of carbonyl (C=O) groups excluding carboxylic acids is 1. The lowest BCUT2D eigenvalue weighted by Crippen LogP contribution is -2.39. The van der Waals surface area contributed by atoms with Gasteiger partial charge in [0.1, 0.15) is 5.60 Å². The summed E-state index contributed by atoms with van der Waals surface area (Å²) in [6, 6.07) is -0.193. The van der Waals surface area contributed by atoms with Crippen molar-refractivity contribution in [3.8, 4) is 0 Å². The van der Waals surface area contributed by atoms with E-state index in [-0.39, 0.29) is 24.5 Å². The highest BCUT2D eigenvalue weighted by Crippen LogP contribution is 2.18. The summed E-state index contributed by atoms with van der Waals surface area (Å²) in [5, 5.41) is 8.79. The molecule has 4 heteroatoms. The molecule has 0 aliphatic rings. The summed E-state index contributed by atoms with van der Waals surface area (Å²) in [6.45, 7) is 7.54. The molecule has 0 aromatic carbocycles. The smallest absolute Gasteiger partial charge is 0.311 e. The fourth-order valence-corrected chi connectivity index (χ4v) is 1.48. The van der Waals surface area contributed by atoms with Gasteiger partial charge in [-0.05, 0) is 40.0 Å². The average molecular weight is 231 g/mol. The molecular weight excluding hydrogens is 206 g/mol. The number of aliphatic hydroxyl groups excluding tert-OH is 1. The third-order valence-corrected chi connectivity index (χ3v) is 2.37. The number of hydrogen-bond donors (Lipinski definition) is 2. The van der Waals surface area contributed by atoms with E-state index in [9.17, 15) is 4.79 Å². The Balaban J connectivity index is 4.43. The lowest BCUT2D eigenvalue weighted by atomic mass is 9.93. The van der Waals surface area contributed by atoms with E-state index in [1.807, 2.05) is 27.7 Å². The Labute approximate surface area is 98.2 Å². The van der Waals surface area contributed by atoms with Gasteiger partial charge in [-0.2, -0.15) is 0 Å². The van der Waals surface area contributed by atoms with Crippen LogP contribution in [0.25, 0.3) is 0 Å². The monoisotopic (exact) mass is 231 g/mol. The molecule has 0 amide bonds. The van der Waals surface area contributed by atoms with Crippen molar-refractivity contribution in [3.63, 3.8) is 0 Å². The van der Waals surface area contributed by atoms with Gasteiger partial charge in [-0.25, -0.2) is 0 Å². The number of rotatable bonds is 6. The number of carbonyl (C=O) groups is 1. The van der Waals surface area contributed by atoms with E-state index in [2.05, 4.69) is 0 Å². The fraction of sp³-hybridized carbons (Fsp3) is 0.917. The first kappa shape index (κ1) is 15.4. The molecule has 2 atom stereocenters. The van der Waals surface area contributed by atoms with Gasteiger partial charge >= 0.3 is 5.97 Å². The van der Waals surface area contributed by atoms with Crippen molar-refractivity contribution in [1.82, 2.24) is 0 Å². The third-order valence-electron chi connectivity index (χ3n) is 2.37. The molecule has 0 aliphatic heterocycles. The van der Waals surface area contributed by atoms with Gasteiger partial charge in [0, 0.05) is 12.6 Å². The summed E-state index contributed by atoms with van der Waals surface area (Å²) in [5.74, 6) is -0.563. The molecule has 0 bridgehead atoms. The number of ether oxygens (including phenoxy) is 1. The number of aliphatic hydroxyl groups is 1. The number of nitrogens with two attached hydrogens (primary N) is 1. The Hall–Kier alpha value is -0.610. The number of hydrogen-bond acceptors (Lipinski definition) is 4. The highest BCUT2D eigenvalue weighted by atomic mass is 16.6. The lowest BCUT2D eigenvalue weighted by Gasteiger charge is -2.26. The molecule has 0 heterocycles. The fourth-order valence-electron chi connectivity index (χ4n) is 1.48. The van der Waals surface area contributed by atoms with Crippen LogP contribution in [0, 0.1) is 5.92 Å². The molecule has 96 valence electrons. The van der Waals surface area contributed by atoms with Crippen LogP contribution in [-0.4, -0.2) is 29.3 Å². The van der Waals surface area contributed by atoms with Crippen molar-refractivity contribution in [3.05, 3.63) is 0 Å². The molecule has 3 N–H and O–H groups in total. The average Bonchev–Trinajstić information content (AvgIpc) is 2.15. The van der Waals surface area contributed by atoms with Gasteiger partial charge in [-0.1, -0.05) is 6.92 Å². The highest BCUT2D eigenvalue weighted by Gasteiger charge is 2.28.